The molecule has 1 fully saturated rings. The maximum absolute atomic E-state index is 4.88. The first-order valence-corrected chi connectivity index (χ1v) is 12.8. The van der Waals surface area contributed by atoms with Gasteiger partial charge in [0, 0.05) is 0 Å². The van der Waals surface area contributed by atoms with Crippen molar-refractivity contribution in [2.24, 2.45) is 4.99 Å². The Kier molecular flexibility index (Phi) is 5.60. The number of hydrogen-bond donors (Lipinski definition) is 0. The van der Waals surface area contributed by atoms with Gasteiger partial charge in [0.25, 0.3) is 0 Å². The molecule has 0 unspecified atom stereocenters. The molecule has 3 heterocycles. The second-order valence-electron chi connectivity index (χ2n) is 8.15. The van der Waals surface area contributed by atoms with Crippen LogP contribution in [0.3, 0.4) is 0 Å². The Morgan fingerprint density at radius 2 is 1.67 bits per heavy atom. The van der Waals surface area contributed by atoms with Crippen LogP contribution in [0.5, 0.6) is 0 Å². The third kappa shape index (κ3) is 4.03. The number of piperazine rings is 1. The van der Waals surface area contributed by atoms with E-state index in [-0.39, 0.29) is 21.2 Å². The summed E-state index contributed by atoms with van der Waals surface area (Å²) >= 11 is -0.266. The molecule has 5 rings (SSSR count). The molecule has 0 N–H and O–H groups in total. The van der Waals surface area contributed by atoms with Crippen molar-refractivity contribution in [3.63, 3.8) is 0 Å². The van der Waals surface area contributed by atoms with Crippen LogP contribution in [0.1, 0.15) is 31.0 Å². The summed E-state index contributed by atoms with van der Waals surface area (Å²) in [6, 6.07) is 20.2. The molecule has 3 aromatic rings. The number of rotatable bonds is 5. The van der Waals surface area contributed by atoms with Crippen LogP contribution in [0.2, 0.25) is 0 Å². The Balaban J connectivity index is 1.20. The Labute approximate surface area is 188 Å². The zero-order chi connectivity index (χ0) is 20.5. The zero-order valence-electron chi connectivity index (χ0n) is 17.5. The molecule has 0 radical (unpaired) electrons. The predicted molar refractivity (Wildman–Crippen MR) is 118 cm³/mol. The van der Waals surface area contributed by atoms with Crippen molar-refractivity contribution in [2.45, 2.75) is 26.4 Å². The van der Waals surface area contributed by atoms with Gasteiger partial charge in [-0.05, 0) is 0 Å². The summed E-state index contributed by atoms with van der Waals surface area (Å²) < 4.78 is 4.75. The van der Waals surface area contributed by atoms with E-state index >= 15 is 0 Å². The molecular weight excluding hydrogens is 485 g/mol. The molecule has 6 heteroatoms. The van der Waals surface area contributed by atoms with Gasteiger partial charge in [-0.15, -0.1) is 0 Å². The van der Waals surface area contributed by atoms with Gasteiger partial charge in [0.15, 0.2) is 0 Å². The number of fused-ring (bicyclic) bond motifs is 1. The van der Waals surface area contributed by atoms with Crippen LogP contribution < -0.4 is 26.1 Å². The predicted octanol–water partition coefficient (Wildman–Crippen LogP) is 1.14. The van der Waals surface area contributed by atoms with E-state index in [1.54, 1.807) is 0 Å². The summed E-state index contributed by atoms with van der Waals surface area (Å²) in [7, 11) is 0. The number of aromatic nitrogens is 2. The Hall–Kier alpha value is -2.19. The number of anilines is 1. The molecule has 2 aliphatic rings. The van der Waals surface area contributed by atoms with Crippen molar-refractivity contribution < 1.29 is 21.2 Å². The van der Waals surface area contributed by atoms with Gasteiger partial charge in [0.05, 0.1) is 0 Å². The topological polar surface area (TPSA) is 36.7 Å². The summed E-state index contributed by atoms with van der Waals surface area (Å²) in [5.74, 6) is 0. The summed E-state index contributed by atoms with van der Waals surface area (Å²) in [6.45, 7) is 9.79. The summed E-state index contributed by atoms with van der Waals surface area (Å²) in [5, 5.41) is 4.50. The van der Waals surface area contributed by atoms with E-state index in [2.05, 4.69) is 88.0 Å². The molecular formula is C24H27IN5-. The molecule has 0 aliphatic carbocycles. The molecule has 1 saturated heterocycles. The molecule has 156 valence electrons. The van der Waals surface area contributed by atoms with E-state index in [1.807, 2.05) is 6.20 Å². The van der Waals surface area contributed by atoms with Gasteiger partial charge < -0.3 is 0 Å². The summed E-state index contributed by atoms with van der Waals surface area (Å²) in [5.41, 5.74) is 5.06. The minimum atomic E-state index is -0.266. The molecule has 0 amide bonds. The van der Waals surface area contributed by atoms with E-state index in [4.69, 9.17) is 4.99 Å². The maximum atomic E-state index is 4.88. The van der Waals surface area contributed by atoms with E-state index in [0.717, 1.165) is 38.4 Å². The quantitative estimate of drug-likeness (QED) is 0.482. The van der Waals surface area contributed by atoms with Gasteiger partial charge in [-0.2, -0.15) is 0 Å². The van der Waals surface area contributed by atoms with E-state index in [9.17, 15) is 0 Å². The monoisotopic (exact) mass is 512 g/mol. The van der Waals surface area contributed by atoms with Crippen LogP contribution in [0.25, 0.3) is 0 Å². The third-order valence-corrected chi connectivity index (χ3v) is 8.63. The normalized spacial score (nSPS) is 17.0. The second kappa shape index (κ2) is 8.51. The number of nitrogens with zero attached hydrogens (tertiary/aromatic N) is 5. The van der Waals surface area contributed by atoms with Crippen LogP contribution in [0.4, 0.5) is 11.4 Å². The van der Waals surface area contributed by atoms with Crippen LogP contribution in [0, 0.1) is 3.70 Å². The van der Waals surface area contributed by atoms with E-state index in [1.165, 1.54) is 24.2 Å². The average Bonchev–Trinajstić information content (AvgIpc) is 3.36. The van der Waals surface area contributed by atoms with Crippen molar-refractivity contribution >= 4 is 15.1 Å². The van der Waals surface area contributed by atoms with Crippen molar-refractivity contribution in [1.29, 1.82) is 0 Å². The fraction of sp³-hybridized carbons (Fsp3) is 0.333. The molecule has 0 bridgehead atoms. The third-order valence-electron chi connectivity index (χ3n) is 5.70. The van der Waals surface area contributed by atoms with Crippen LogP contribution >= 0.6 is 0 Å². The van der Waals surface area contributed by atoms with Crippen molar-refractivity contribution in [3.8, 4) is 0 Å². The Morgan fingerprint density at radius 1 is 0.933 bits per heavy atom. The van der Waals surface area contributed by atoms with Crippen molar-refractivity contribution in [2.75, 3.05) is 31.1 Å². The van der Waals surface area contributed by atoms with Gasteiger partial charge in [0.2, 0.25) is 0 Å². The Morgan fingerprint density at radius 3 is 2.37 bits per heavy atom. The summed E-state index contributed by atoms with van der Waals surface area (Å²) in [4.78, 5) is 9.93. The van der Waals surface area contributed by atoms with Gasteiger partial charge in [-0.3, -0.25) is 0 Å². The fourth-order valence-electron chi connectivity index (χ4n) is 4.01. The van der Waals surface area contributed by atoms with Gasteiger partial charge in [-0.25, -0.2) is 0 Å². The van der Waals surface area contributed by atoms with Gasteiger partial charge in [-0.1, -0.05) is 18.2 Å². The molecule has 0 saturated carbocycles. The van der Waals surface area contributed by atoms with E-state index in [0.29, 0.717) is 6.04 Å². The number of aliphatic imine (C=N–C) groups is 1. The second-order valence-corrected chi connectivity index (χ2v) is 10.7. The molecule has 30 heavy (non-hydrogen) atoms. The molecule has 2 aromatic carbocycles. The molecule has 1 aromatic heterocycles. The first-order chi connectivity index (χ1) is 14.7. The summed E-state index contributed by atoms with van der Waals surface area (Å²) in [6.07, 6.45) is 1.92. The first-order valence-electron chi connectivity index (χ1n) is 10.6. The molecule has 0 atom stereocenters. The van der Waals surface area contributed by atoms with E-state index < -0.39 is 0 Å². The minimum absolute atomic E-state index is 0.266. The van der Waals surface area contributed by atoms with Crippen molar-refractivity contribution in [3.05, 3.63) is 75.6 Å². The molecule has 2 aliphatic heterocycles. The van der Waals surface area contributed by atoms with Crippen LogP contribution in [-0.4, -0.2) is 44.6 Å². The van der Waals surface area contributed by atoms with Crippen molar-refractivity contribution in [1.82, 2.24) is 14.7 Å². The van der Waals surface area contributed by atoms with Gasteiger partial charge in [0.1, 0.15) is 0 Å². The van der Waals surface area contributed by atoms with Crippen LogP contribution in [-0.2, 0) is 6.54 Å². The number of halogens is 1. The fourth-order valence-corrected chi connectivity index (χ4v) is 7.01. The van der Waals surface area contributed by atoms with Gasteiger partial charge >= 0.3 is 171 Å². The van der Waals surface area contributed by atoms with Crippen LogP contribution in [0.15, 0.2) is 65.8 Å². The average molecular weight is 512 g/mol. The zero-order valence-corrected chi connectivity index (χ0v) is 19.7. The first kappa shape index (κ1) is 19.8. The molecule has 5 nitrogen and oxygen atoms in total. The molecule has 0 spiro atoms. The SMILES string of the molecule is CC(C)n1ncc2c1[I-]C(c1ccc(N3CCN(Cc4ccccc4)CC3)cc1)=N2. The number of benzene rings is 2. The Bertz CT molecular complexity index is 1030. The standard InChI is InChI=1S/C24H27IN5/c1-18(2)30-24-22(16-26-30)27-23(25-24)20-8-10-21(11-9-20)29-14-12-28(13-15-29)17-19-6-4-3-5-7-19/h3-11,16,18H,12-15,17H2,1-2H3/q-1. The number of hydrogen-bond acceptors (Lipinski definition) is 4.